The van der Waals surface area contributed by atoms with Crippen molar-refractivity contribution in [1.82, 2.24) is 19.8 Å². The molecule has 0 unspecified atom stereocenters. The van der Waals surface area contributed by atoms with Crippen molar-refractivity contribution < 1.29 is 27.8 Å². The molecular formula is C24H25F3N4O3. The summed E-state index contributed by atoms with van der Waals surface area (Å²) in [5.74, 6) is 1.52. The molecule has 0 atom stereocenters. The monoisotopic (exact) mass is 474 g/mol. The van der Waals surface area contributed by atoms with Crippen LogP contribution in [-0.4, -0.2) is 68.9 Å². The minimum Gasteiger partial charge on any atom is -0.491 e. The molecular weight excluding hydrogens is 449 g/mol. The van der Waals surface area contributed by atoms with Gasteiger partial charge in [0.1, 0.15) is 18.2 Å². The number of urea groups is 1. The molecule has 5 rings (SSSR count). The van der Waals surface area contributed by atoms with Gasteiger partial charge in [-0.1, -0.05) is 12.1 Å². The molecule has 1 aromatic heterocycles. The zero-order valence-corrected chi connectivity index (χ0v) is 18.7. The van der Waals surface area contributed by atoms with Crippen LogP contribution in [0.25, 0.3) is 22.2 Å². The zero-order valence-electron chi connectivity index (χ0n) is 18.7. The van der Waals surface area contributed by atoms with Gasteiger partial charge in [0.2, 0.25) is 0 Å². The van der Waals surface area contributed by atoms with Crippen LogP contribution in [0.15, 0.2) is 36.4 Å². The number of fused-ring (bicyclic) bond motifs is 2. The Labute approximate surface area is 194 Å². The summed E-state index contributed by atoms with van der Waals surface area (Å²) in [4.78, 5) is 23.7. The Hall–Kier alpha value is -3.27. The quantitative estimate of drug-likeness (QED) is 0.553. The van der Waals surface area contributed by atoms with Crippen LogP contribution in [-0.2, 0) is 6.54 Å². The van der Waals surface area contributed by atoms with Crippen LogP contribution in [0, 0.1) is 6.92 Å². The SMILES string of the molecule is Cc1nc2ccc(-c3ccc4c(c3)CN(C(=O)N3CCC(O)(C(F)(F)F)CC3)CCO4)cc2[nH]1. The lowest BCUT2D eigenvalue weighted by Gasteiger charge is -2.40. The van der Waals surface area contributed by atoms with Crippen molar-refractivity contribution in [3.8, 4) is 16.9 Å². The van der Waals surface area contributed by atoms with Crippen molar-refractivity contribution in [3.05, 3.63) is 47.8 Å². The van der Waals surface area contributed by atoms with Crippen LogP contribution < -0.4 is 4.74 Å². The van der Waals surface area contributed by atoms with E-state index in [0.717, 1.165) is 33.5 Å². The van der Waals surface area contributed by atoms with Gasteiger partial charge in [-0.25, -0.2) is 9.78 Å². The lowest BCUT2D eigenvalue weighted by molar-refractivity contribution is -0.271. The summed E-state index contributed by atoms with van der Waals surface area (Å²) in [6, 6.07) is 11.4. The third kappa shape index (κ3) is 4.06. The fraction of sp³-hybridized carbons (Fsp3) is 0.417. The molecule has 2 aliphatic rings. The molecule has 0 aliphatic carbocycles. The van der Waals surface area contributed by atoms with Crippen LogP contribution in [0.3, 0.4) is 0 Å². The number of H-pyrrole nitrogens is 1. The number of aromatic nitrogens is 2. The van der Waals surface area contributed by atoms with E-state index in [-0.39, 0.29) is 32.3 Å². The number of benzene rings is 2. The molecule has 2 aromatic carbocycles. The lowest BCUT2D eigenvalue weighted by atomic mass is 9.91. The highest BCUT2D eigenvalue weighted by Crippen LogP contribution is 2.38. The number of hydrogen-bond donors (Lipinski definition) is 2. The predicted molar refractivity (Wildman–Crippen MR) is 119 cm³/mol. The third-order valence-corrected chi connectivity index (χ3v) is 6.63. The number of likely N-dealkylation sites (tertiary alicyclic amines) is 1. The van der Waals surface area contributed by atoms with Gasteiger partial charge in [-0.05, 0) is 42.3 Å². The number of hydrogen-bond acceptors (Lipinski definition) is 4. The van der Waals surface area contributed by atoms with E-state index in [4.69, 9.17) is 4.74 Å². The Balaban J connectivity index is 1.34. The fourth-order valence-corrected chi connectivity index (χ4v) is 4.61. The second-order valence-corrected chi connectivity index (χ2v) is 8.95. The van der Waals surface area contributed by atoms with Crippen LogP contribution in [0.5, 0.6) is 5.75 Å². The van der Waals surface area contributed by atoms with Crippen LogP contribution in [0.1, 0.15) is 24.2 Å². The normalized spacial score (nSPS) is 18.4. The number of carbonyl (C=O) groups excluding carboxylic acids is 1. The zero-order chi connectivity index (χ0) is 24.1. The predicted octanol–water partition coefficient (Wildman–Crippen LogP) is 4.24. The van der Waals surface area contributed by atoms with Gasteiger partial charge in [0, 0.05) is 31.5 Å². The summed E-state index contributed by atoms with van der Waals surface area (Å²) in [7, 11) is 0. The van der Waals surface area contributed by atoms with E-state index in [1.54, 1.807) is 4.90 Å². The van der Waals surface area contributed by atoms with E-state index in [2.05, 4.69) is 9.97 Å². The molecule has 1 saturated heterocycles. The minimum absolute atomic E-state index is 0.150. The van der Waals surface area contributed by atoms with Crippen molar-refractivity contribution >= 4 is 17.1 Å². The van der Waals surface area contributed by atoms with Crippen molar-refractivity contribution in [2.75, 3.05) is 26.2 Å². The number of rotatable bonds is 1. The molecule has 10 heteroatoms. The number of alkyl halides is 3. The van der Waals surface area contributed by atoms with Crippen LogP contribution in [0.2, 0.25) is 0 Å². The number of amides is 2. The Bertz CT molecular complexity index is 1230. The highest BCUT2D eigenvalue weighted by molar-refractivity contribution is 5.82. The first kappa shape index (κ1) is 22.5. The number of imidazole rings is 1. The van der Waals surface area contributed by atoms with Gasteiger partial charge in [-0.2, -0.15) is 13.2 Å². The number of aryl methyl sites for hydroxylation is 1. The van der Waals surface area contributed by atoms with Gasteiger partial charge < -0.3 is 24.6 Å². The molecule has 3 heterocycles. The number of ether oxygens (including phenoxy) is 1. The van der Waals surface area contributed by atoms with Gasteiger partial charge in [0.25, 0.3) is 0 Å². The summed E-state index contributed by atoms with van der Waals surface area (Å²) >= 11 is 0. The molecule has 3 aromatic rings. The van der Waals surface area contributed by atoms with E-state index >= 15 is 0 Å². The van der Waals surface area contributed by atoms with Crippen molar-refractivity contribution in [2.24, 2.45) is 0 Å². The molecule has 2 amide bonds. The number of nitrogens with one attached hydrogen (secondary N) is 1. The largest absolute Gasteiger partial charge is 0.491 e. The maximum absolute atomic E-state index is 13.1. The van der Waals surface area contributed by atoms with Crippen LogP contribution in [0.4, 0.5) is 18.0 Å². The number of carbonyl (C=O) groups is 1. The van der Waals surface area contributed by atoms with Gasteiger partial charge in [-0.3, -0.25) is 0 Å². The van der Waals surface area contributed by atoms with Gasteiger partial charge in [-0.15, -0.1) is 0 Å². The van der Waals surface area contributed by atoms with Crippen molar-refractivity contribution in [3.63, 3.8) is 0 Å². The highest BCUT2D eigenvalue weighted by atomic mass is 19.4. The molecule has 0 saturated carbocycles. The maximum Gasteiger partial charge on any atom is 0.417 e. The molecule has 0 radical (unpaired) electrons. The summed E-state index contributed by atoms with van der Waals surface area (Å²) in [6.07, 6.45) is -5.75. The van der Waals surface area contributed by atoms with Crippen LogP contribution >= 0.6 is 0 Å². The van der Waals surface area contributed by atoms with Crippen molar-refractivity contribution in [1.29, 1.82) is 0 Å². The number of halogens is 3. The summed E-state index contributed by atoms with van der Waals surface area (Å²) in [6.45, 7) is 2.50. The lowest BCUT2D eigenvalue weighted by Crippen LogP contribution is -2.56. The fourth-order valence-electron chi connectivity index (χ4n) is 4.61. The molecule has 2 N–H and O–H groups in total. The standard InChI is InChI=1S/C24H25F3N4O3/c1-15-28-19-4-2-17(13-20(19)29-15)16-3-5-21-18(12-16)14-31(10-11-34-21)22(32)30-8-6-23(33,7-9-30)24(25,26)27/h2-5,12-13,33H,6-11,14H2,1H3,(H,28,29). The van der Waals surface area contributed by atoms with Crippen molar-refractivity contribution in [2.45, 2.75) is 38.1 Å². The van der Waals surface area contributed by atoms with Gasteiger partial charge in [0.05, 0.1) is 24.1 Å². The molecule has 0 bridgehead atoms. The molecule has 1 fully saturated rings. The first-order valence-corrected chi connectivity index (χ1v) is 11.2. The number of piperidine rings is 1. The highest BCUT2D eigenvalue weighted by Gasteiger charge is 2.55. The van der Waals surface area contributed by atoms with E-state index < -0.39 is 24.6 Å². The molecule has 180 valence electrons. The molecule has 7 nitrogen and oxygen atoms in total. The maximum atomic E-state index is 13.1. The van der Waals surface area contributed by atoms with Gasteiger partial charge >= 0.3 is 12.2 Å². The van der Waals surface area contributed by atoms with E-state index in [1.807, 2.05) is 43.3 Å². The van der Waals surface area contributed by atoms with E-state index in [0.29, 0.717) is 12.3 Å². The summed E-state index contributed by atoms with van der Waals surface area (Å²) < 4.78 is 45.2. The smallest absolute Gasteiger partial charge is 0.417 e. The summed E-state index contributed by atoms with van der Waals surface area (Å²) in [5.41, 5.74) is 1.86. The topological polar surface area (TPSA) is 81.7 Å². The molecule has 2 aliphatic heterocycles. The minimum atomic E-state index is -4.70. The van der Waals surface area contributed by atoms with E-state index in [1.165, 1.54) is 4.90 Å². The average Bonchev–Trinajstić information content (AvgIpc) is 3.04. The second kappa shape index (κ2) is 8.19. The number of nitrogens with zero attached hydrogens (tertiary/aromatic N) is 3. The molecule has 34 heavy (non-hydrogen) atoms. The number of aliphatic hydroxyl groups is 1. The van der Waals surface area contributed by atoms with Gasteiger partial charge in [0.15, 0.2) is 5.60 Å². The average molecular weight is 474 g/mol. The van der Waals surface area contributed by atoms with E-state index in [9.17, 15) is 23.1 Å². The Morgan fingerprint density at radius 3 is 2.53 bits per heavy atom. The third-order valence-electron chi connectivity index (χ3n) is 6.63. The molecule has 0 spiro atoms. The second-order valence-electron chi connectivity index (χ2n) is 8.95. The Kier molecular flexibility index (Phi) is 5.43. The summed E-state index contributed by atoms with van der Waals surface area (Å²) in [5, 5.41) is 9.90. The number of aromatic amines is 1. The first-order chi connectivity index (χ1) is 16.1. The Morgan fingerprint density at radius 2 is 1.79 bits per heavy atom. The Morgan fingerprint density at radius 1 is 1.09 bits per heavy atom. The first-order valence-electron chi connectivity index (χ1n) is 11.2.